The molecule has 0 unspecified atom stereocenters. The number of ether oxygens (including phenoxy) is 1. The number of carbonyl (C=O) groups excluding carboxylic acids is 1. The Morgan fingerprint density at radius 1 is 0.971 bits per heavy atom. The van der Waals surface area contributed by atoms with Crippen LogP contribution in [0.15, 0.2) is 71.2 Å². The molecule has 4 aromatic rings. The van der Waals surface area contributed by atoms with Crippen LogP contribution in [0.3, 0.4) is 0 Å². The molecule has 0 atom stereocenters. The fourth-order valence-electron chi connectivity index (χ4n) is 4.11. The fourth-order valence-corrected chi connectivity index (χ4v) is 4.38. The second kappa shape index (κ2) is 12.0. The molecule has 0 saturated heterocycles. The number of unbranched alkanes of at least 4 members (excludes halogenated alkanes) is 2. The zero-order valence-corrected chi connectivity index (χ0v) is 22.0. The molecule has 182 valence electrons. The zero-order chi connectivity index (χ0) is 24.6. The molecule has 5 nitrogen and oxygen atoms in total. The molecular weight excluding hydrogens is 502 g/mol. The van der Waals surface area contributed by atoms with Gasteiger partial charge < -0.3 is 14.6 Å². The summed E-state index contributed by atoms with van der Waals surface area (Å²) >= 11 is 3.39. The number of carbonyl (C=O) groups is 1. The lowest BCUT2D eigenvalue weighted by Gasteiger charge is -2.12. The van der Waals surface area contributed by atoms with Crippen LogP contribution in [0.2, 0.25) is 0 Å². The zero-order valence-electron chi connectivity index (χ0n) is 20.4. The lowest BCUT2D eigenvalue weighted by Crippen LogP contribution is -2.24. The van der Waals surface area contributed by atoms with Gasteiger partial charge in [0.25, 0.3) is 5.91 Å². The Hall–Kier alpha value is -3.12. The third-order valence-electron chi connectivity index (χ3n) is 6.26. The molecule has 0 fully saturated rings. The summed E-state index contributed by atoms with van der Waals surface area (Å²) in [6, 6.07) is 21.9. The molecule has 1 heterocycles. The molecule has 1 amide bonds. The minimum atomic E-state index is -0.0249. The summed E-state index contributed by atoms with van der Waals surface area (Å²) in [7, 11) is 0. The molecule has 0 aliphatic heterocycles. The Bertz CT molecular complexity index is 1280. The van der Waals surface area contributed by atoms with Gasteiger partial charge in [-0.15, -0.1) is 0 Å². The number of amides is 1. The second-order valence-electron chi connectivity index (χ2n) is 8.84. The molecule has 0 aliphatic carbocycles. The van der Waals surface area contributed by atoms with Crippen LogP contribution in [0.25, 0.3) is 11.0 Å². The molecule has 3 aromatic carbocycles. The number of para-hydroxylation sites is 2. The van der Waals surface area contributed by atoms with E-state index >= 15 is 0 Å². The van der Waals surface area contributed by atoms with Gasteiger partial charge in [0.05, 0.1) is 17.6 Å². The van der Waals surface area contributed by atoms with Gasteiger partial charge in [-0.1, -0.05) is 40.5 Å². The SMILES string of the molecule is Cc1ccc(OCCn2c(CCCCCNC(=O)c3ccc(Br)cc3)nc3ccccc32)cc1C. The van der Waals surface area contributed by atoms with Crippen molar-refractivity contribution in [3.63, 3.8) is 0 Å². The second-order valence-corrected chi connectivity index (χ2v) is 9.75. The standard InChI is InChI=1S/C29H32BrN3O2/c1-21-11-16-25(20-22(21)2)35-19-18-33-27-9-6-5-8-26(27)32-28(33)10-4-3-7-17-31-29(34)23-12-14-24(30)15-13-23/h5-6,8-9,11-16,20H,3-4,7,10,17-19H2,1-2H3,(H,31,34). The van der Waals surface area contributed by atoms with Crippen molar-refractivity contribution in [1.82, 2.24) is 14.9 Å². The van der Waals surface area contributed by atoms with Gasteiger partial charge >= 0.3 is 0 Å². The first-order valence-electron chi connectivity index (χ1n) is 12.2. The molecule has 0 aliphatic rings. The summed E-state index contributed by atoms with van der Waals surface area (Å²) in [6.45, 7) is 6.24. The van der Waals surface area contributed by atoms with Crippen LogP contribution in [-0.2, 0) is 13.0 Å². The molecule has 0 radical (unpaired) electrons. The summed E-state index contributed by atoms with van der Waals surface area (Å²) in [6.07, 6.45) is 3.90. The first-order valence-corrected chi connectivity index (χ1v) is 13.0. The van der Waals surface area contributed by atoms with Gasteiger partial charge in [0, 0.05) is 23.0 Å². The predicted molar refractivity (Wildman–Crippen MR) is 145 cm³/mol. The third-order valence-corrected chi connectivity index (χ3v) is 6.79. The Morgan fingerprint density at radius 3 is 2.57 bits per heavy atom. The van der Waals surface area contributed by atoms with Crippen LogP contribution in [0.1, 0.15) is 46.6 Å². The van der Waals surface area contributed by atoms with Gasteiger partial charge in [-0.25, -0.2) is 4.98 Å². The number of fused-ring (bicyclic) bond motifs is 1. The predicted octanol–water partition coefficient (Wildman–Crippen LogP) is 6.64. The number of rotatable bonds is 11. The number of nitrogens with one attached hydrogen (secondary N) is 1. The monoisotopic (exact) mass is 533 g/mol. The van der Waals surface area contributed by atoms with Gasteiger partial charge in [-0.05, 0) is 86.3 Å². The van der Waals surface area contributed by atoms with Crippen molar-refractivity contribution in [2.45, 2.75) is 46.1 Å². The first kappa shape index (κ1) is 25.0. The van der Waals surface area contributed by atoms with E-state index < -0.39 is 0 Å². The third kappa shape index (κ3) is 6.73. The minimum absolute atomic E-state index is 0.0249. The van der Waals surface area contributed by atoms with Gasteiger partial charge in [0.2, 0.25) is 0 Å². The number of halogens is 1. The van der Waals surface area contributed by atoms with E-state index in [4.69, 9.17) is 9.72 Å². The number of imidazole rings is 1. The summed E-state index contributed by atoms with van der Waals surface area (Å²) in [5, 5.41) is 3.01. The summed E-state index contributed by atoms with van der Waals surface area (Å²) in [4.78, 5) is 17.1. The number of benzene rings is 3. The molecule has 0 bridgehead atoms. The topological polar surface area (TPSA) is 56.1 Å². The van der Waals surface area contributed by atoms with E-state index in [1.165, 1.54) is 11.1 Å². The van der Waals surface area contributed by atoms with E-state index in [1.54, 1.807) is 0 Å². The quantitative estimate of drug-likeness (QED) is 0.220. The van der Waals surface area contributed by atoms with E-state index in [0.29, 0.717) is 18.7 Å². The summed E-state index contributed by atoms with van der Waals surface area (Å²) < 4.78 is 9.30. The highest BCUT2D eigenvalue weighted by molar-refractivity contribution is 9.10. The van der Waals surface area contributed by atoms with Crippen molar-refractivity contribution < 1.29 is 9.53 Å². The van der Waals surface area contributed by atoms with E-state index in [9.17, 15) is 4.79 Å². The summed E-state index contributed by atoms with van der Waals surface area (Å²) in [5.41, 5.74) is 5.37. The number of aryl methyl sites for hydroxylation is 3. The van der Waals surface area contributed by atoms with Crippen LogP contribution >= 0.6 is 15.9 Å². The van der Waals surface area contributed by atoms with Crippen molar-refractivity contribution in [1.29, 1.82) is 0 Å². The lowest BCUT2D eigenvalue weighted by atomic mass is 10.1. The summed E-state index contributed by atoms with van der Waals surface area (Å²) in [5.74, 6) is 1.97. The van der Waals surface area contributed by atoms with Gasteiger partial charge in [0.1, 0.15) is 18.2 Å². The largest absolute Gasteiger partial charge is 0.492 e. The molecule has 35 heavy (non-hydrogen) atoms. The average Bonchev–Trinajstić information content (AvgIpc) is 3.21. The van der Waals surface area contributed by atoms with Gasteiger partial charge in [0.15, 0.2) is 0 Å². The first-order chi connectivity index (χ1) is 17.0. The van der Waals surface area contributed by atoms with Crippen LogP contribution in [0.5, 0.6) is 5.75 Å². The van der Waals surface area contributed by atoms with E-state index in [2.05, 4.69) is 70.0 Å². The molecule has 0 spiro atoms. The van der Waals surface area contributed by atoms with Crippen molar-refractivity contribution in [2.75, 3.05) is 13.2 Å². The van der Waals surface area contributed by atoms with Gasteiger partial charge in [-0.3, -0.25) is 4.79 Å². The van der Waals surface area contributed by atoms with Crippen molar-refractivity contribution in [3.05, 3.63) is 93.7 Å². The molecule has 0 saturated carbocycles. The molecule has 1 aromatic heterocycles. The maximum Gasteiger partial charge on any atom is 0.251 e. The highest BCUT2D eigenvalue weighted by Crippen LogP contribution is 2.20. The Kier molecular flexibility index (Phi) is 8.59. The van der Waals surface area contributed by atoms with Crippen molar-refractivity contribution >= 4 is 32.9 Å². The average molecular weight is 534 g/mol. The maximum absolute atomic E-state index is 12.2. The molecular formula is C29H32BrN3O2. The van der Waals surface area contributed by atoms with E-state index in [-0.39, 0.29) is 5.91 Å². The van der Waals surface area contributed by atoms with Crippen LogP contribution in [-0.4, -0.2) is 28.6 Å². The van der Waals surface area contributed by atoms with Crippen LogP contribution < -0.4 is 10.1 Å². The highest BCUT2D eigenvalue weighted by atomic mass is 79.9. The molecule has 4 rings (SSSR count). The van der Waals surface area contributed by atoms with E-state index in [0.717, 1.165) is 59.3 Å². The number of nitrogens with zero attached hydrogens (tertiary/aromatic N) is 2. The van der Waals surface area contributed by atoms with Crippen LogP contribution in [0.4, 0.5) is 0 Å². The van der Waals surface area contributed by atoms with Crippen LogP contribution in [0, 0.1) is 13.8 Å². The number of aromatic nitrogens is 2. The number of hydrogen-bond donors (Lipinski definition) is 1. The molecule has 6 heteroatoms. The fraction of sp³-hybridized carbons (Fsp3) is 0.310. The van der Waals surface area contributed by atoms with Gasteiger partial charge in [-0.2, -0.15) is 0 Å². The Labute approximate surface area is 215 Å². The lowest BCUT2D eigenvalue weighted by molar-refractivity contribution is 0.0953. The highest BCUT2D eigenvalue weighted by Gasteiger charge is 2.11. The van der Waals surface area contributed by atoms with Crippen molar-refractivity contribution in [3.8, 4) is 5.75 Å². The number of hydrogen-bond acceptors (Lipinski definition) is 3. The maximum atomic E-state index is 12.2. The Morgan fingerprint density at radius 2 is 1.77 bits per heavy atom. The van der Waals surface area contributed by atoms with E-state index in [1.807, 2.05) is 36.4 Å². The molecule has 1 N–H and O–H groups in total. The minimum Gasteiger partial charge on any atom is -0.492 e. The smallest absolute Gasteiger partial charge is 0.251 e. The Balaban J connectivity index is 1.27. The van der Waals surface area contributed by atoms with Crippen molar-refractivity contribution in [2.24, 2.45) is 0 Å². The normalized spacial score (nSPS) is 11.1.